The number of hydrogen-bond donors (Lipinski definition) is 0. The second-order valence-corrected chi connectivity index (χ2v) is 26.8. The maximum atomic E-state index is 12.7. The number of amides is 2. The molecule has 1 heterocycles. The second-order valence-electron chi connectivity index (χ2n) is 26.1. The molecule has 1 radical (unpaired) electrons. The molecular weight excluding hydrogens is 1300 g/mol. The van der Waals surface area contributed by atoms with Crippen molar-refractivity contribution in [2.75, 3.05) is 7.05 Å². The molecule has 5 heteroatoms. The van der Waals surface area contributed by atoms with Crippen molar-refractivity contribution in [3.8, 4) is 0 Å². The van der Waals surface area contributed by atoms with Crippen molar-refractivity contribution in [2.24, 2.45) is 0 Å². The van der Waals surface area contributed by atoms with Gasteiger partial charge >= 0.3 is 206 Å². The van der Waals surface area contributed by atoms with Crippen LogP contribution >= 0.6 is 0 Å². The monoisotopic (exact) mass is 1400 g/mol. The Bertz CT molecular complexity index is 4340. The van der Waals surface area contributed by atoms with Crippen LogP contribution in [0.15, 0.2) is 24.3 Å². The summed E-state index contributed by atoms with van der Waals surface area (Å²) in [7, 11) is 1.57. The van der Waals surface area contributed by atoms with E-state index in [0.29, 0.717) is 11.1 Å². The Morgan fingerprint density at radius 2 is 0.770 bits per heavy atom. The van der Waals surface area contributed by atoms with Gasteiger partial charge in [0.05, 0.1) is 11.1 Å². The molecule has 11 rings (SSSR count). The van der Waals surface area contributed by atoms with Crippen LogP contribution in [0.2, 0.25) is 0 Å². The van der Waals surface area contributed by atoms with Gasteiger partial charge in [0.25, 0.3) is 11.8 Å². The third kappa shape index (κ3) is 10.6. The van der Waals surface area contributed by atoms with Gasteiger partial charge in [-0.3, -0.25) is 14.5 Å². The number of benzene rings is 8. The first-order valence-electron chi connectivity index (χ1n) is 30.6. The number of nitrogens with zero attached hydrogens (tertiary/aromatic N) is 1. The van der Waals surface area contributed by atoms with Gasteiger partial charge in [0.1, 0.15) is 0 Å². The number of aryl methyl sites for hydroxylation is 6. The van der Waals surface area contributed by atoms with Crippen LogP contribution in [0.3, 0.4) is 0 Å². The molecule has 0 atom stereocenters. The maximum absolute atomic E-state index is 12.7. The van der Waals surface area contributed by atoms with Gasteiger partial charge in [-0.15, -0.1) is 0 Å². The SMILES string of the molecule is C.C=c1c(C)cc2c(c1C)Cc1c(cc(C)c(C)c1C)C=2c1c(C)c(C)c(C)c(C)c1C.Cc1c(C)c2c3c(c(C)c(C)c(C)c3c1C)C(=O)N(C)C2=O.Cc1cc2c(c(C)c1C)Cc1c(cc(C)c(C)c1C)[C-]2c1c(C)c(C)c(C)c(C)c1[C-]=[W].[Y]. The molecule has 0 saturated carbocycles. The van der Waals surface area contributed by atoms with E-state index in [1.165, 1.54) is 224 Å². The first-order chi connectivity index (χ1) is 39.7. The number of rotatable bonds is 3. The van der Waals surface area contributed by atoms with Crippen LogP contribution < -0.4 is 10.4 Å². The van der Waals surface area contributed by atoms with E-state index in [4.69, 9.17) is 0 Å². The van der Waals surface area contributed by atoms with Crippen molar-refractivity contribution in [3.05, 3.63) is 252 Å². The summed E-state index contributed by atoms with van der Waals surface area (Å²) in [6, 6.07) is 9.76. The topological polar surface area (TPSA) is 37.4 Å². The maximum Gasteiger partial charge on any atom is 0 e. The van der Waals surface area contributed by atoms with Crippen molar-refractivity contribution in [2.45, 2.75) is 200 Å². The minimum Gasteiger partial charge on any atom is 0 e. The van der Waals surface area contributed by atoms with E-state index in [-0.39, 0.29) is 52.0 Å². The van der Waals surface area contributed by atoms with Crippen LogP contribution in [0, 0.1) is 186 Å². The van der Waals surface area contributed by atoms with Gasteiger partial charge in [-0.05, 0) is 250 Å². The zero-order valence-corrected chi connectivity index (χ0v) is 63.0. The fraction of sp³-hybridized carbons (Fsp3) is 0.366. The molecule has 2 aliphatic carbocycles. The first-order valence-corrected chi connectivity index (χ1v) is 32.1. The normalized spacial score (nSPS) is 12.8. The molecule has 0 N–H and O–H groups in total. The minimum atomic E-state index is -0.189. The van der Waals surface area contributed by atoms with E-state index in [9.17, 15) is 9.59 Å². The van der Waals surface area contributed by atoms with Gasteiger partial charge in [-0.1, -0.05) is 26.1 Å². The zero-order chi connectivity index (χ0) is 63.1. The van der Waals surface area contributed by atoms with E-state index in [1.807, 2.05) is 13.8 Å². The molecule has 0 aromatic heterocycles. The average molecular weight is 1400 g/mol. The molecule has 3 aliphatic rings. The van der Waals surface area contributed by atoms with E-state index >= 15 is 0 Å². The number of fused-ring (bicyclic) bond motifs is 4. The summed E-state index contributed by atoms with van der Waals surface area (Å²) in [5.41, 5.74) is 51.9. The molecule has 87 heavy (non-hydrogen) atoms. The number of carbonyl (C=O) groups excluding carboxylic acids is 2. The second kappa shape index (κ2) is 25.0. The first kappa shape index (κ1) is 68.9. The fourth-order valence-corrected chi connectivity index (χ4v) is 15.7. The molecule has 8 aromatic carbocycles. The van der Waals surface area contributed by atoms with Crippen LogP contribution in [0.4, 0.5) is 0 Å². The Hall–Kier alpha value is -5.57. The molecular formula is C82H95NO2WY-2. The van der Waals surface area contributed by atoms with Crippen LogP contribution in [0.5, 0.6) is 0 Å². The summed E-state index contributed by atoms with van der Waals surface area (Å²) in [6.45, 7) is 62.3. The Kier molecular flexibility index (Phi) is 19.8. The Morgan fingerprint density at radius 1 is 0.402 bits per heavy atom. The smallest absolute Gasteiger partial charge is 0 e. The molecule has 0 fully saturated rings. The average Bonchev–Trinajstić information content (AvgIpc) is 0.751. The summed E-state index contributed by atoms with van der Waals surface area (Å²) in [4.78, 5) is 26.7. The summed E-state index contributed by atoms with van der Waals surface area (Å²) >= 11 is 1.39. The van der Waals surface area contributed by atoms with Crippen LogP contribution in [-0.4, -0.2) is 28.2 Å². The number of carbonyl (C=O) groups is 2. The van der Waals surface area contributed by atoms with Crippen LogP contribution in [0.1, 0.15) is 228 Å². The summed E-state index contributed by atoms with van der Waals surface area (Å²) in [5.74, 6) is 1.04. The largest absolute Gasteiger partial charge is 0 e. The van der Waals surface area contributed by atoms with Gasteiger partial charge < -0.3 is 0 Å². The predicted molar refractivity (Wildman–Crippen MR) is 366 cm³/mol. The van der Waals surface area contributed by atoms with E-state index in [0.717, 1.165) is 45.9 Å². The summed E-state index contributed by atoms with van der Waals surface area (Å²) < 4.78 is 3.68. The van der Waals surface area contributed by atoms with Crippen LogP contribution in [-0.2, 0) is 64.9 Å². The van der Waals surface area contributed by atoms with Gasteiger partial charge in [0.2, 0.25) is 0 Å². The quantitative estimate of drug-likeness (QED) is 0.131. The molecule has 451 valence electrons. The summed E-state index contributed by atoms with van der Waals surface area (Å²) in [5, 5.41) is 4.53. The minimum absolute atomic E-state index is 0. The molecule has 2 amide bonds. The molecule has 0 saturated heterocycles. The molecule has 0 bridgehead atoms. The van der Waals surface area contributed by atoms with Crippen molar-refractivity contribution in [1.29, 1.82) is 0 Å². The van der Waals surface area contributed by atoms with Gasteiger partial charge in [-0.2, -0.15) is 0 Å². The van der Waals surface area contributed by atoms with E-state index in [1.54, 1.807) is 7.05 Å². The van der Waals surface area contributed by atoms with Crippen molar-refractivity contribution >= 4 is 39.1 Å². The van der Waals surface area contributed by atoms with Crippen LogP contribution in [0.25, 0.3) is 22.9 Å². The molecule has 1 aliphatic heterocycles. The van der Waals surface area contributed by atoms with Gasteiger partial charge in [0.15, 0.2) is 0 Å². The Balaban J connectivity index is 0.000000187. The third-order valence-corrected chi connectivity index (χ3v) is 23.3. The Labute approximate surface area is 560 Å². The molecule has 0 unspecified atom stereocenters. The number of imide groups is 1. The standard InChI is InChI=1S/C31H36.C31H34.C19H21NO2.CH4.W.Y/c2*1-15-12-28-26(22(8)17(15)3)14-27-23(9)18(4)16(2)13-29(27)31(28)30-24(10)20(6)19(5)21(7)25(30)11;1-8-10(3)14-11(4)9(2)13(6)16-17(14)15(12(8)5)18(21)20(7)19(16)22;;;/h12-13H,3,14H2,1-2,4-11H3;12-13H,14H2,1-10H3;1-7H3;1H4;;/q;-2;;;;. The fourth-order valence-electron chi connectivity index (χ4n) is 14.8. The molecule has 0 spiro atoms. The molecule has 3 nitrogen and oxygen atoms in total. The van der Waals surface area contributed by atoms with E-state index < -0.39 is 0 Å². The zero-order valence-electron chi connectivity index (χ0n) is 57.2. The molecule has 8 aromatic rings. The predicted octanol–water partition coefficient (Wildman–Crippen LogP) is 18.2. The third-order valence-electron chi connectivity index (χ3n) is 22.6. The Morgan fingerprint density at radius 3 is 1.22 bits per heavy atom. The van der Waals surface area contributed by atoms with Crippen molar-refractivity contribution in [3.63, 3.8) is 0 Å². The van der Waals surface area contributed by atoms with E-state index in [2.05, 4.69) is 201 Å². The van der Waals surface area contributed by atoms with Crippen molar-refractivity contribution < 1.29 is 61.7 Å². The van der Waals surface area contributed by atoms with Gasteiger partial charge in [0, 0.05) is 45.1 Å². The number of hydrogen-bond acceptors (Lipinski definition) is 2. The van der Waals surface area contributed by atoms with Crippen molar-refractivity contribution in [1.82, 2.24) is 4.90 Å². The van der Waals surface area contributed by atoms with Gasteiger partial charge in [-0.25, -0.2) is 0 Å². The summed E-state index contributed by atoms with van der Waals surface area (Å²) in [6.07, 6.45) is 2.02.